The highest BCUT2D eigenvalue weighted by atomic mass is 79.9. The molecule has 0 aliphatic carbocycles. The third kappa shape index (κ3) is 4.05. The van der Waals surface area contributed by atoms with Crippen molar-refractivity contribution in [1.82, 2.24) is 4.90 Å². The average molecular weight is 351 g/mol. The predicted molar refractivity (Wildman–Crippen MR) is 81.5 cm³/mol. The van der Waals surface area contributed by atoms with E-state index in [0.717, 1.165) is 40.6 Å². The zero-order valence-corrected chi connectivity index (χ0v) is 13.5. The van der Waals surface area contributed by atoms with Crippen molar-refractivity contribution in [3.63, 3.8) is 0 Å². The lowest BCUT2D eigenvalue weighted by molar-refractivity contribution is 0.256. The summed E-state index contributed by atoms with van der Waals surface area (Å²) < 4.78 is 12.7. The molecule has 18 heavy (non-hydrogen) atoms. The normalized spacial score (nSPS) is 25.9. The van der Waals surface area contributed by atoms with E-state index >= 15 is 0 Å². The molecule has 0 bridgehead atoms. The SMILES string of the molecule is CC1CN(Cc2ccc(Cl)cc2Br)CCS(=O)C1. The van der Waals surface area contributed by atoms with Crippen LogP contribution in [-0.4, -0.2) is 33.7 Å². The van der Waals surface area contributed by atoms with Crippen LogP contribution in [0.3, 0.4) is 0 Å². The predicted octanol–water partition coefficient (Wildman–Crippen LogP) is 3.30. The summed E-state index contributed by atoms with van der Waals surface area (Å²) in [7, 11) is -0.650. The molecule has 1 aromatic carbocycles. The van der Waals surface area contributed by atoms with Gasteiger partial charge in [0.25, 0.3) is 0 Å². The van der Waals surface area contributed by atoms with E-state index in [9.17, 15) is 4.21 Å². The molecule has 1 saturated heterocycles. The van der Waals surface area contributed by atoms with Gasteiger partial charge in [0.15, 0.2) is 0 Å². The minimum absolute atomic E-state index is 0.499. The summed E-state index contributed by atoms with van der Waals surface area (Å²) >= 11 is 9.49. The van der Waals surface area contributed by atoms with Crippen molar-refractivity contribution < 1.29 is 4.21 Å². The van der Waals surface area contributed by atoms with Crippen molar-refractivity contribution in [3.8, 4) is 0 Å². The lowest BCUT2D eigenvalue weighted by Gasteiger charge is -2.22. The lowest BCUT2D eigenvalue weighted by Crippen LogP contribution is -2.28. The van der Waals surface area contributed by atoms with E-state index in [1.54, 1.807) is 0 Å². The Morgan fingerprint density at radius 3 is 3.06 bits per heavy atom. The van der Waals surface area contributed by atoms with Crippen LogP contribution in [0.25, 0.3) is 0 Å². The molecule has 0 radical (unpaired) electrons. The molecule has 2 unspecified atom stereocenters. The molecule has 2 rings (SSSR count). The number of halogens is 2. The standard InChI is InChI=1S/C13H17BrClNOS/c1-10-7-16(4-5-18(17)9-10)8-11-2-3-12(15)6-13(11)14/h2-3,6,10H,4-5,7-9H2,1H3. The molecule has 5 heteroatoms. The molecule has 1 aromatic rings. The fourth-order valence-corrected chi connectivity index (χ4v) is 4.43. The topological polar surface area (TPSA) is 20.3 Å². The highest BCUT2D eigenvalue weighted by Gasteiger charge is 2.19. The Bertz CT molecular complexity index is 455. The molecule has 1 fully saturated rings. The minimum Gasteiger partial charge on any atom is -0.298 e. The van der Waals surface area contributed by atoms with Gasteiger partial charge in [0.05, 0.1) is 0 Å². The van der Waals surface area contributed by atoms with E-state index in [4.69, 9.17) is 11.6 Å². The van der Waals surface area contributed by atoms with Crippen LogP contribution >= 0.6 is 27.5 Å². The van der Waals surface area contributed by atoms with E-state index in [2.05, 4.69) is 33.8 Å². The number of nitrogens with zero attached hydrogens (tertiary/aromatic N) is 1. The number of rotatable bonds is 2. The summed E-state index contributed by atoms with van der Waals surface area (Å²) in [6.45, 7) is 4.99. The van der Waals surface area contributed by atoms with Crippen LogP contribution in [0.1, 0.15) is 12.5 Å². The second-order valence-corrected chi connectivity index (χ2v) is 7.80. The molecule has 1 heterocycles. The van der Waals surface area contributed by atoms with Gasteiger partial charge in [0.1, 0.15) is 0 Å². The first-order chi connectivity index (χ1) is 8.54. The molecule has 0 N–H and O–H groups in total. The van der Waals surface area contributed by atoms with Crippen LogP contribution in [0.5, 0.6) is 0 Å². The Balaban J connectivity index is 2.06. The Kier molecular flexibility index (Phi) is 5.24. The summed E-state index contributed by atoms with van der Waals surface area (Å²) in [5.41, 5.74) is 1.24. The molecule has 100 valence electrons. The molecule has 0 spiro atoms. The molecule has 0 aromatic heterocycles. The van der Waals surface area contributed by atoms with Gasteiger partial charge < -0.3 is 0 Å². The monoisotopic (exact) mass is 349 g/mol. The summed E-state index contributed by atoms with van der Waals surface area (Å²) in [4.78, 5) is 2.38. The van der Waals surface area contributed by atoms with Crippen molar-refractivity contribution in [1.29, 1.82) is 0 Å². The molecule has 1 aliphatic heterocycles. The molecular weight excluding hydrogens is 334 g/mol. The van der Waals surface area contributed by atoms with Crippen molar-refractivity contribution in [3.05, 3.63) is 33.3 Å². The van der Waals surface area contributed by atoms with Crippen LogP contribution in [0, 0.1) is 5.92 Å². The first kappa shape index (κ1) is 14.5. The fraction of sp³-hybridized carbons (Fsp3) is 0.538. The van der Waals surface area contributed by atoms with Gasteiger partial charge in [-0.2, -0.15) is 0 Å². The largest absolute Gasteiger partial charge is 0.298 e. The van der Waals surface area contributed by atoms with E-state index in [0.29, 0.717) is 5.92 Å². The van der Waals surface area contributed by atoms with Crippen molar-refractivity contribution >= 4 is 38.3 Å². The van der Waals surface area contributed by atoms with Gasteiger partial charge >= 0.3 is 0 Å². The lowest BCUT2D eigenvalue weighted by atomic mass is 10.1. The molecule has 2 atom stereocenters. The van der Waals surface area contributed by atoms with Crippen molar-refractivity contribution in [2.75, 3.05) is 24.6 Å². The van der Waals surface area contributed by atoms with Gasteiger partial charge in [-0.1, -0.05) is 40.5 Å². The molecule has 0 saturated carbocycles. The van der Waals surface area contributed by atoms with E-state index in [-0.39, 0.29) is 0 Å². The van der Waals surface area contributed by atoms with Crippen LogP contribution < -0.4 is 0 Å². The van der Waals surface area contributed by atoms with Crippen molar-refractivity contribution in [2.24, 2.45) is 5.92 Å². The highest BCUT2D eigenvalue weighted by molar-refractivity contribution is 9.10. The van der Waals surface area contributed by atoms with Gasteiger partial charge in [-0.05, 0) is 23.6 Å². The van der Waals surface area contributed by atoms with Crippen LogP contribution in [-0.2, 0) is 17.3 Å². The second kappa shape index (κ2) is 6.51. The molecular formula is C13H17BrClNOS. The number of hydrogen-bond donors (Lipinski definition) is 0. The minimum atomic E-state index is -0.650. The van der Waals surface area contributed by atoms with Crippen LogP contribution in [0.15, 0.2) is 22.7 Å². The third-order valence-electron chi connectivity index (χ3n) is 3.08. The van der Waals surface area contributed by atoms with Gasteiger partial charge in [0, 0.05) is 51.4 Å². The summed E-state index contributed by atoms with van der Waals surface area (Å²) in [6, 6.07) is 5.90. The van der Waals surface area contributed by atoms with Gasteiger partial charge in [-0.25, -0.2) is 0 Å². The van der Waals surface area contributed by atoms with Crippen molar-refractivity contribution in [2.45, 2.75) is 13.5 Å². The molecule has 1 aliphatic rings. The van der Waals surface area contributed by atoms with Gasteiger partial charge in [-0.3, -0.25) is 9.11 Å². The maximum atomic E-state index is 11.7. The second-order valence-electron chi connectivity index (χ2n) is 4.89. The maximum Gasteiger partial charge on any atom is 0.0417 e. The first-order valence-corrected chi connectivity index (χ1v) is 8.72. The van der Waals surface area contributed by atoms with Gasteiger partial charge in [0.2, 0.25) is 0 Å². The summed E-state index contributed by atoms with van der Waals surface area (Å²) in [5, 5.41) is 0.746. The average Bonchev–Trinajstić information content (AvgIpc) is 2.44. The molecule has 2 nitrogen and oxygen atoms in total. The Morgan fingerprint density at radius 2 is 2.33 bits per heavy atom. The molecule has 0 amide bonds. The Hall–Kier alpha value is 0.1000. The van der Waals surface area contributed by atoms with Crippen LogP contribution in [0.4, 0.5) is 0 Å². The Labute approximate surface area is 124 Å². The van der Waals surface area contributed by atoms with E-state index < -0.39 is 10.8 Å². The smallest absolute Gasteiger partial charge is 0.0417 e. The Morgan fingerprint density at radius 1 is 1.56 bits per heavy atom. The number of hydrogen-bond acceptors (Lipinski definition) is 2. The maximum absolute atomic E-state index is 11.7. The highest BCUT2D eigenvalue weighted by Crippen LogP contribution is 2.23. The zero-order valence-electron chi connectivity index (χ0n) is 10.4. The first-order valence-electron chi connectivity index (χ1n) is 6.06. The third-order valence-corrected chi connectivity index (χ3v) is 5.64. The summed E-state index contributed by atoms with van der Waals surface area (Å²) in [5.74, 6) is 2.12. The van der Waals surface area contributed by atoms with Crippen LogP contribution in [0.2, 0.25) is 5.02 Å². The number of benzene rings is 1. The van der Waals surface area contributed by atoms with Gasteiger partial charge in [-0.15, -0.1) is 0 Å². The fourth-order valence-electron chi connectivity index (χ4n) is 2.25. The van der Waals surface area contributed by atoms with E-state index in [1.165, 1.54) is 5.56 Å². The van der Waals surface area contributed by atoms with E-state index in [1.807, 2.05) is 12.1 Å². The quantitative estimate of drug-likeness (QED) is 0.815. The zero-order chi connectivity index (χ0) is 13.1. The summed E-state index contributed by atoms with van der Waals surface area (Å²) in [6.07, 6.45) is 0.